The molecule has 0 atom stereocenters. The zero-order valence-electron chi connectivity index (χ0n) is 16.0. The number of hydrogen-bond acceptors (Lipinski definition) is 6. The Morgan fingerprint density at radius 1 is 0.692 bits per heavy atom. The van der Waals surface area contributed by atoms with E-state index in [4.69, 9.17) is 0 Å². The summed E-state index contributed by atoms with van der Waals surface area (Å²) in [6.45, 7) is 8.33. The van der Waals surface area contributed by atoms with E-state index >= 15 is 0 Å². The Balaban J connectivity index is 3.75. The van der Waals surface area contributed by atoms with E-state index in [1.807, 2.05) is 27.7 Å². The molecule has 0 spiro atoms. The third kappa shape index (κ3) is 11.4. The van der Waals surface area contributed by atoms with Crippen molar-refractivity contribution < 1.29 is 18.7 Å². The smallest absolute Gasteiger partial charge is 0.325 e. The molecule has 0 saturated heterocycles. The number of hydrogen-bond donors (Lipinski definition) is 4. The molecule has 154 valence electrons. The molecular formula is C14H32N4O4P2S2. The lowest BCUT2D eigenvalue weighted by Crippen LogP contribution is -2.34. The van der Waals surface area contributed by atoms with Crippen molar-refractivity contribution in [3.63, 3.8) is 0 Å². The highest BCUT2D eigenvalue weighted by molar-refractivity contribution is 8.57. The maximum Gasteiger partial charge on any atom is 0.325 e. The lowest BCUT2D eigenvalue weighted by Gasteiger charge is -2.14. The van der Waals surface area contributed by atoms with Gasteiger partial charge in [-0.3, -0.25) is 9.44 Å². The Hall–Kier alpha value is -0.300. The molecule has 0 aliphatic heterocycles. The number of nitrogens with one attached hydrogen (secondary N) is 4. The van der Waals surface area contributed by atoms with Crippen molar-refractivity contribution in [2.45, 2.75) is 40.5 Å². The molecule has 0 aliphatic carbocycles. The van der Waals surface area contributed by atoms with Crippen LogP contribution in [-0.2, 0) is 9.13 Å². The number of amides is 4. The molecular weight excluding hydrogens is 414 g/mol. The zero-order valence-corrected chi connectivity index (χ0v) is 19.4. The molecule has 0 unspecified atom stereocenters. The van der Waals surface area contributed by atoms with Crippen LogP contribution in [0.15, 0.2) is 0 Å². The molecule has 0 bridgehead atoms. The van der Waals surface area contributed by atoms with E-state index in [0.717, 1.165) is 23.1 Å². The monoisotopic (exact) mass is 446 g/mol. The van der Waals surface area contributed by atoms with E-state index in [1.54, 1.807) is 0 Å². The number of rotatable bonds is 13. The molecule has 0 rings (SSSR count). The molecule has 4 amide bonds. The highest BCUT2D eigenvalue weighted by Crippen LogP contribution is 2.56. The number of urea groups is 2. The van der Waals surface area contributed by atoms with Crippen LogP contribution in [-0.4, -0.2) is 49.8 Å². The average molecular weight is 447 g/mol. The normalized spacial score (nSPS) is 11.7. The minimum absolute atomic E-state index is 0.353. The van der Waals surface area contributed by atoms with Crippen LogP contribution in [0.3, 0.4) is 0 Å². The van der Waals surface area contributed by atoms with Crippen LogP contribution in [0.4, 0.5) is 9.59 Å². The lowest BCUT2D eigenvalue weighted by molar-refractivity contribution is 0.244. The van der Waals surface area contributed by atoms with Crippen LogP contribution in [0.5, 0.6) is 0 Å². The molecule has 0 aliphatic rings. The molecule has 0 saturated carbocycles. The summed E-state index contributed by atoms with van der Waals surface area (Å²) in [6, 6.07) is -0.705. The minimum Gasteiger partial charge on any atom is -0.337 e. The van der Waals surface area contributed by atoms with Crippen LogP contribution >= 0.6 is 35.8 Å². The fourth-order valence-corrected chi connectivity index (χ4v) is 6.78. The van der Waals surface area contributed by atoms with Gasteiger partial charge in [-0.2, -0.15) is 0 Å². The van der Waals surface area contributed by atoms with Gasteiger partial charge in [0.15, 0.2) is 12.7 Å². The van der Waals surface area contributed by atoms with Gasteiger partial charge < -0.3 is 19.8 Å². The first-order valence-corrected chi connectivity index (χ1v) is 15.8. The van der Waals surface area contributed by atoms with E-state index in [-0.39, 0.29) is 12.1 Å². The van der Waals surface area contributed by atoms with Crippen molar-refractivity contribution in [1.82, 2.24) is 20.1 Å². The average Bonchev–Trinajstić information content (AvgIpc) is 2.66. The molecule has 0 aromatic rings. The molecule has 0 fully saturated rings. The molecule has 0 aromatic heterocycles. The van der Waals surface area contributed by atoms with Gasteiger partial charge in [-0.15, -0.1) is 0 Å². The first-order valence-electron chi connectivity index (χ1n) is 8.85. The van der Waals surface area contributed by atoms with Gasteiger partial charge in [-0.25, -0.2) is 9.59 Å². The predicted octanol–water partition coefficient (Wildman–Crippen LogP) is 4.30. The first-order chi connectivity index (χ1) is 12.2. The Bertz CT molecular complexity index is 475. The quantitative estimate of drug-likeness (QED) is 0.190. The molecule has 4 N–H and O–H groups in total. The summed E-state index contributed by atoms with van der Waals surface area (Å²) >= 11 is 2.04. The van der Waals surface area contributed by atoms with Crippen molar-refractivity contribution in [3.05, 3.63) is 0 Å². The second-order valence-corrected chi connectivity index (χ2v) is 17.1. The molecule has 26 heavy (non-hydrogen) atoms. The van der Waals surface area contributed by atoms with Crippen LogP contribution < -0.4 is 20.1 Å². The Morgan fingerprint density at radius 3 is 1.27 bits per heavy atom. The maximum atomic E-state index is 12.1. The molecule has 8 nitrogen and oxygen atoms in total. The molecule has 0 radical (unpaired) electrons. The van der Waals surface area contributed by atoms with Gasteiger partial charge in [0.05, 0.1) is 0 Å². The summed E-state index contributed by atoms with van der Waals surface area (Å²) in [5, 5.41) is 5.38. The summed E-state index contributed by atoms with van der Waals surface area (Å²) in [5.41, 5.74) is 0. The van der Waals surface area contributed by atoms with E-state index in [1.165, 1.54) is 0 Å². The highest BCUT2D eigenvalue weighted by atomic mass is 32.7. The fourth-order valence-electron chi connectivity index (χ4n) is 1.68. The Labute approximate surface area is 165 Å². The summed E-state index contributed by atoms with van der Waals surface area (Å²) < 4.78 is 29.4. The summed E-state index contributed by atoms with van der Waals surface area (Å²) in [7, 11) is 0. The third-order valence-corrected chi connectivity index (χ3v) is 14.4. The summed E-state index contributed by atoms with van der Waals surface area (Å²) in [5.74, 6) is 0. The third-order valence-electron chi connectivity index (χ3n) is 3.71. The molecule has 0 heterocycles. The van der Waals surface area contributed by atoms with Gasteiger partial charge in [-0.1, -0.05) is 27.7 Å². The van der Waals surface area contributed by atoms with Crippen LogP contribution in [0.2, 0.25) is 0 Å². The highest BCUT2D eigenvalue weighted by Gasteiger charge is 2.20. The Kier molecular flexibility index (Phi) is 13.6. The zero-order chi connectivity index (χ0) is 20.1. The number of carbonyl (C=O) groups excluding carboxylic acids is 2. The van der Waals surface area contributed by atoms with Gasteiger partial charge in [0.1, 0.15) is 0 Å². The lowest BCUT2D eigenvalue weighted by atomic mass is 10.3. The largest absolute Gasteiger partial charge is 0.337 e. The second-order valence-electron chi connectivity index (χ2n) is 5.50. The standard InChI is InChI=1S/C14H32N4O4P2S2/c1-5-23(21,6-2)25-17-13(19)15-11-9-10-12-16-14(20)18-26-24(22,7-3)8-4/h5-12H2,1-4H3,(H2,15,17,19)(H2,16,18,20). The van der Waals surface area contributed by atoms with Crippen molar-refractivity contribution in [2.24, 2.45) is 0 Å². The number of unbranched alkanes of at least 4 members (excludes halogenated alkanes) is 1. The van der Waals surface area contributed by atoms with Gasteiger partial charge in [0.25, 0.3) is 0 Å². The van der Waals surface area contributed by atoms with E-state index in [0.29, 0.717) is 50.6 Å². The minimum atomic E-state index is -2.35. The second kappa shape index (κ2) is 13.8. The van der Waals surface area contributed by atoms with Crippen molar-refractivity contribution >= 4 is 47.9 Å². The van der Waals surface area contributed by atoms with E-state index < -0.39 is 12.7 Å². The maximum absolute atomic E-state index is 12.1. The van der Waals surface area contributed by atoms with Crippen molar-refractivity contribution in [3.8, 4) is 0 Å². The van der Waals surface area contributed by atoms with Gasteiger partial charge in [0, 0.05) is 60.9 Å². The van der Waals surface area contributed by atoms with Crippen LogP contribution in [0, 0.1) is 0 Å². The van der Waals surface area contributed by atoms with Gasteiger partial charge in [-0.05, 0) is 12.8 Å². The predicted molar refractivity (Wildman–Crippen MR) is 115 cm³/mol. The topological polar surface area (TPSA) is 116 Å². The summed E-state index contributed by atoms with van der Waals surface area (Å²) in [6.07, 6.45) is -1.11. The Morgan fingerprint density at radius 2 is 1.00 bits per heavy atom. The van der Waals surface area contributed by atoms with Crippen molar-refractivity contribution in [2.75, 3.05) is 37.7 Å². The molecule has 12 heteroatoms. The van der Waals surface area contributed by atoms with Crippen LogP contribution in [0.25, 0.3) is 0 Å². The van der Waals surface area contributed by atoms with E-state index in [2.05, 4.69) is 20.1 Å². The first kappa shape index (κ1) is 25.7. The number of carbonyl (C=O) groups is 2. The van der Waals surface area contributed by atoms with E-state index in [9.17, 15) is 18.7 Å². The van der Waals surface area contributed by atoms with Gasteiger partial charge in [0.2, 0.25) is 0 Å². The molecule has 0 aromatic carbocycles. The fraction of sp³-hybridized carbons (Fsp3) is 0.857. The SMILES string of the molecule is CCP(=O)(CC)SNC(=O)NCCCCNC(=O)NSP(=O)(CC)CC. The summed E-state index contributed by atoms with van der Waals surface area (Å²) in [4.78, 5) is 23.3. The van der Waals surface area contributed by atoms with Crippen LogP contribution in [0.1, 0.15) is 40.5 Å². The van der Waals surface area contributed by atoms with Crippen molar-refractivity contribution in [1.29, 1.82) is 0 Å². The van der Waals surface area contributed by atoms with Gasteiger partial charge >= 0.3 is 12.1 Å².